The van der Waals surface area contributed by atoms with Crippen LogP contribution in [0.4, 0.5) is 22.0 Å². The van der Waals surface area contributed by atoms with E-state index in [1.807, 2.05) is 0 Å². The molecule has 1 aromatic carbocycles. The van der Waals surface area contributed by atoms with E-state index in [2.05, 4.69) is 5.32 Å². The van der Waals surface area contributed by atoms with Crippen LogP contribution in [0.25, 0.3) is 0 Å². The topological polar surface area (TPSA) is 55.1 Å². The zero-order valence-corrected chi connectivity index (χ0v) is 10.2. The molecule has 0 aromatic heterocycles. The summed E-state index contributed by atoms with van der Waals surface area (Å²) in [4.78, 5) is 11.5. The molecule has 0 unspecified atom stereocenters. The number of benzene rings is 1. The van der Waals surface area contributed by atoms with Crippen molar-refractivity contribution in [2.45, 2.75) is 18.9 Å². The number of nitrogens with one attached hydrogen (secondary N) is 1. The van der Waals surface area contributed by atoms with Crippen LogP contribution in [0.15, 0.2) is 0 Å². The smallest absolute Gasteiger partial charge is 0.257 e. The molecule has 0 spiro atoms. The summed E-state index contributed by atoms with van der Waals surface area (Å²) in [6, 6.07) is 0.0195. The van der Waals surface area contributed by atoms with Crippen molar-refractivity contribution in [3.63, 3.8) is 0 Å². The molecule has 1 aliphatic rings. The third-order valence-corrected chi connectivity index (χ3v) is 3.26. The van der Waals surface area contributed by atoms with Crippen LogP contribution in [-0.2, 0) is 0 Å². The lowest BCUT2D eigenvalue weighted by Gasteiger charge is -2.32. The number of amides is 1. The minimum atomic E-state index is -2.29. The number of carbonyl (C=O) groups excluding carboxylic acids is 1. The molecule has 0 saturated heterocycles. The Hall–Kier alpha value is -1.70. The van der Waals surface area contributed by atoms with Gasteiger partial charge in [-0.3, -0.25) is 4.79 Å². The Morgan fingerprint density at radius 1 is 1.00 bits per heavy atom. The van der Waals surface area contributed by atoms with Gasteiger partial charge in [-0.25, -0.2) is 22.0 Å². The highest BCUT2D eigenvalue weighted by Crippen LogP contribution is 2.25. The highest BCUT2D eigenvalue weighted by molar-refractivity contribution is 5.94. The quantitative estimate of drug-likeness (QED) is 0.508. The number of hydrogen-bond acceptors (Lipinski definition) is 2. The van der Waals surface area contributed by atoms with Gasteiger partial charge in [0.15, 0.2) is 23.3 Å². The van der Waals surface area contributed by atoms with Gasteiger partial charge in [-0.1, -0.05) is 0 Å². The van der Waals surface area contributed by atoms with Crippen LogP contribution < -0.4 is 11.1 Å². The molecule has 1 aromatic rings. The molecule has 1 amide bonds. The lowest BCUT2D eigenvalue weighted by atomic mass is 9.81. The van der Waals surface area contributed by atoms with E-state index in [-0.39, 0.29) is 18.5 Å². The van der Waals surface area contributed by atoms with Crippen molar-refractivity contribution >= 4 is 5.91 Å². The maximum absolute atomic E-state index is 13.3. The summed E-state index contributed by atoms with van der Waals surface area (Å²) in [6.07, 6.45) is 1.27. The molecule has 0 heterocycles. The molecule has 20 heavy (non-hydrogen) atoms. The van der Waals surface area contributed by atoms with Gasteiger partial charge < -0.3 is 11.1 Å². The normalized spacial score (nSPS) is 21.5. The Bertz CT molecular complexity index is 528. The minimum absolute atomic E-state index is 0.0195. The second-order valence-electron chi connectivity index (χ2n) is 4.75. The molecule has 1 aliphatic carbocycles. The van der Waals surface area contributed by atoms with Crippen LogP contribution in [-0.4, -0.2) is 18.5 Å². The van der Waals surface area contributed by atoms with Crippen LogP contribution in [0, 0.1) is 35.0 Å². The summed E-state index contributed by atoms with van der Waals surface area (Å²) in [6.45, 7) is 0.0754. The fraction of sp³-hybridized carbons (Fsp3) is 0.417. The van der Waals surface area contributed by atoms with Gasteiger partial charge in [0.05, 0.1) is 0 Å². The van der Waals surface area contributed by atoms with Gasteiger partial charge in [0.2, 0.25) is 5.82 Å². The number of hydrogen-bond donors (Lipinski definition) is 2. The molecule has 2 rings (SSSR count). The molecule has 3 nitrogen and oxygen atoms in total. The maximum Gasteiger partial charge on any atom is 0.257 e. The molecule has 110 valence electrons. The minimum Gasteiger partial charge on any atom is -0.352 e. The second-order valence-corrected chi connectivity index (χ2v) is 4.75. The highest BCUT2D eigenvalue weighted by atomic mass is 19.2. The number of rotatable bonds is 3. The predicted octanol–water partition coefficient (Wildman–Crippen LogP) is 1.85. The molecule has 0 radical (unpaired) electrons. The Morgan fingerprint density at radius 2 is 1.45 bits per heavy atom. The fourth-order valence-corrected chi connectivity index (χ4v) is 2.08. The van der Waals surface area contributed by atoms with Crippen molar-refractivity contribution in [1.29, 1.82) is 0 Å². The molecule has 0 bridgehead atoms. The third kappa shape index (κ3) is 2.47. The summed E-state index contributed by atoms with van der Waals surface area (Å²) in [5, 5.41) is 2.15. The van der Waals surface area contributed by atoms with Crippen LogP contribution >= 0.6 is 0 Å². The Labute approximate surface area is 110 Å². The SMILES string of the molecule is NC1CC(CNC(=O)c2c(F)c(F)c(F)c(F)c2F)C1. The number of halogens is 5. The first kappa shape index (κ1) is 14.7. The number of nitrogens with two attached hydrogens (primary N) is 1. The molecule has 0 atom stereocenters. The summed E-state index contributed by atoms with van der Waals surface area (Å²) in [5.41, 5.74) is 4.05. The molecule has 3 N–H and O–H groups in total. The number of carbonyl (C=O) groups is 1. The lowest BCUT2D eigenvalue weighted by molar-refractivity contribution is 0.0923. The van der Waals surface area contributed by atoms with Crippen molar-refractivity contribution in [2.75, 3.05) is 6.54 Å². The van der Waals surface area contributed by atoms with E-state index >= 15 is 0 Å². The average Bonchev–Trinajstić information content (AvgIpc) is 2.38. The van der Waals surface area contributed by atoms with Gasteiger partial charge in [0.25, 0.3) is 5.91 Å². The van der Waals surface area contributed by atoms with Crippen molar-refractivity contribution in [2.24, 2.45) is 11.7 Å². The largest absolute Gasteiger partial charge is 0.352 e. The molecule has 8 heteroatoms. The monoisotopic (exact) mass is 294 g/mol. The van der Waals surface area contributed by atoms with Crippen molar-refractivity contribution in [1.82, 2.24) is 5.32 Å². The predicted molar refractivity (Wildman–Crippen MR) is 59.3 cm³/mol. The standard InChI is InChI=1S/C12H11F5N2O/c13-7-6(8(14)10(16)11(17)9(7)15)12(20)19-3-4-1-5(18)2-4/h4-5H,1-3,18H2,(H,19,20). The molecule has 1 fully saturated rings. The Kier molecular flexibility index (Phi) is 3.94. The third-order valence-electron chi connectivity index (χ3n) is 3.26. The van der Waals surface area contributed by atoms with Crippen molar-refractivity contribution in [3.8, 4) is 0 Å². The Morgan fingerprint density at radius 3 is 1.90 bits per heavy atom. The summed E-state index contributed by atoms with van der Waals surface area (Å²) >= 11 is 0. The van der Waals surface area contributed by atoms with E-state index < -0.39 is 40.6 Å². The van der Waals surface area contributed by atoms with Crippen LogP contribution in [0.3, 0.4) is 0 Å². The zero-order valence-electron chi connectivity index (χ0n) is 10.2. The molecule has 1 saturated carbocycles. The molecular formula is C12H11F5N2O. The summed E-state index contributed by atoms with van der Waals surface area (Å²) in [7, 11) is 0. The van der Waals surface area contributed by atoms with Gasteiger partial charge in [-0.05, 0) is 18.8 Å². The van der Waals surface area contributed by atoms with E-state index in [0.717, 1.165) is 0 Å². The van der Waals surface area contributed by atoms with E-state index in [9.17, 15) is 26.7 Å². The lowest BCUT2D eigenvalue weighted by Crippen LogP contribution is -2.43. The van der Waals surface area contributed by atoms with E-state index in [0.29, 0.717) is 12.8 Å². The van der Waals surface area contributed by atoms with Gasteiger partial charge in [0.1, 0.15) is 5.56 Å². The van der Waals surface area contributed by atoms with Crippen molar-refractivity contribution < 1.29 is 26.7 Å². The summed E-state index contributed by atoms with van der Waals surface area (Å²) in [5.74, 6) is -12.1. The van der Waals surface area contributed by atoms with Crippen LogP contribution in [0.1, 0.15) is 23.2 Å². The van der Waals surface area contributed by atoms with Gasteiger partial charge >= 0.3 is 0 Å². The highest BCUT2D eigenvalue weighted by Gasteiger charge is 2.31. The molecular weight excluding hydrogens is 283 g/mol. The van der Waals surface area contributed by atoms with Gasteiger partial charge in [-0.15, -0.1) is 0 Å². The van der Waals surface area contributed by atoms with E-state index in [1.54, 1.807) is 0 Å². The van der Waals surface area contributed by atoms with Gasteiger partial charge in [0, 0.05) is 12.6 Å². The first-order chi connectivity index (χ1) is 9.32. The molecule has 0 aliphatic heterocycles. The first-order valence-electron chi connectivity index (χ1n) is 5.88. The van der Waals surface area contributed by atoms with Crippen LogP contribution in [0.5, 0.6) is 0 Å². The average molecular weight is 294 g/mol. The maximum atomic E-state index is 13.3. The second kappa shape index (κ2) is 5.35. The fourth-order valence-electron chi connectivity index (χ4n) is 2.08. The summed E-state index contributed by atoms with van der Waals surface area (Å²) < 4.78 is 65.3. The van der Waals surface area contributed by atoms with Crippen LogP contribution in [0.2, 0.25) is 0 Å². The van der Waals surface area contributed by atoms with E-state index in [4.69, 9.17) is 5.73 Å². The van der Waals surface area contributed by atoms with Gasteiger partial charge in [-0.2, -0.15) is 0 Å². The Balaban J connectivity index is 2.17. The first-order valence-corrected chi connectivity index (χ1v) is 5.88. The zero-order chi connectivity index (χ0) is 15.0. The van der Waals surface area contributed by atoms with E-state index in [1.165, 1.54) is 0 Å². The van der Waals surface area contributed by atoms with Crippen molar-refractivity contribution in [3.05, 3.63) is 34.6 Å².